The number of ether oxygens (including phenoxy) is 2. The Morgan fingerprint density at radius 2 is 2.24 bits per heavy atom. The van der Waals surface area contributed by atoms with Crippen molar-refractivity contribution < 1.29 is 9.47 Å². The zero-order chi connectivity index (χ0) is 11.7. The molecule has 0 atom stereocenters. The van der Waals surface area contributed by atoms with Crippen molar-refractivity contribution in [3.63, 3.8) is 0 Å². The van der Waals surface area contributed by atoms with Gasteiger partial charge in [-0.2, -0.15) is 0 Å². The van der Waals surface area contributed by atoms with Crippen LogP contribution < -0.4 is 10.1 Å². The fraction of sp³-hybridized carbons (Fsp3) is 0.571. The van der Waals surface area contributed by atoms with Gasteiger partial charge in [0.15, 0.2) is 0 Å². The fourth-order valence-corrected chi connectivity index (χ4v) is 2.33. The molecule has 0 amide bonds. The van der Waals surface area contributed by atoms with E-state index in [1.807, 2.05) is 0 Å². The summed E-state index contributed by atoms with van der Waals surface area (Å²) in [7, 11) is 0. The van der Waals surface area contributed by atoms with Gasteiger partial charge in [-0.3, -0.25) is 0 Å². The molecule has 0 bridgehead atoms. The van der Waals surface area contributed by atoms with E-state index in [0.29, 0.717) is 0 Å². The number of benzene rings is 1. The van der Waals surface area contributed by atoms with Crippen LogP contribution in [0.15, 0.2) is 18.2 Å². The highest BCUT2D eigenvalue weighted by molar-refractivity contribution is 5.37. The van der Waals surface area contributed by atoms with E-state index in [9.17, 15) is 0 Å². The van der Waals surface area contributed by atoms with Crippen LogP contribution in [0.4, 0.5) is 0 Å². The fourth-order valence-electron chi connectivity index (χ4n) is 2.33. The van der Waals surface area contributed by atoms with Gasteiger partial charge in [-0.15, -0.1) is 0 Å². The topological polar surface area (TPSA) is 30.5 Å². The van der Waals surface area contributed by atoms with Crippen molar-refractivity contribution in [1.29, 1.82) is 0 Å². The molecular weight excluding hydrogens is 214 g/mol. The number of nitrogens with one attached hydrogen (secondary N) is 1. The second-order valence-corrected chi connectivity index (χ2v) is 5.45. The molecule has 1 saturated heterocycles. The monoisotopic (exact) mass is 233 g/mol. The maximum atomic E-state index is 5.88. The van der Waals surface area contributed by atoms with E-state index in [1.165, 1.54) is 11.1 Å². The molecule has 0 aromatic heterocycles. The third kappa shape index (κ3) is 2.31. The normalized spacial score (nSPS) is 21.5. The molecule has 2 aliphatic rings. The highest BCUT2D eigenvalue weighted by Crippen LogP contribution is 2.28. The Kier molecular flexibility index (Phi) is 2.81. The Balaban J connectivity index is 1.67. The Hall–Kier alpha value is -1.06. The lowest BCUT2D eigenvalue weighted by atomic mass is 9.90. The van der Waals surface area contributed by atoms with Gasteiger partial charge in [0.1, 0.15) is 5.75 Å². The van der Waals surface area contributed by atoms with Gasteiger partial charge in [0.2, 0.25) is 0 Å². The number of rotatable bonds is 3. The second kappa shape index (κ2) is 4.31. The molecule has 0 radical (unpaired) electrons. The molecule has 0 saturated carbocycles. The first-order valence-electron chi connectivity index (χ1n) is 6.28. The molecule has 0 spiro atoms. The van der Waals surface area contributed by atoms with E-state index >= 15 is 0 Å². The third-order valence-electron chi connectivity index (χ3n) is 3.55. The molecule has 1 fully saturated rings. The van der Waals surface area contributed by atoms with Crippen LogP contribution in [-0.2, 0) is 17.7 Å². The molecule has 1 aromatic carbocycles. The van der Waals surface area contributed by atoms with Crippen molar-refractivity contribution in [2.45, 2.75) is 19.9 Å². The predicted octanol–water partition coefficient (Wildman–Crippen LogP) is 1.75. The molecule has 0 unspecified atom stereocenters. The van der Waals surface area contributed by atoms with E-state index in [4.69, 9.17) is 9.47 Å². The zero-order valence-electron chi connectivity index (χ0n) is 10.3. The highest BCUT2D eigenvalue weighted by atomic mass is 16.5. The lowest BCUT2D eigenvalue weighted by molar-refractivity contribution is -0.120. The van der Waals surface area contributed by atoms with Gasteiger partial charge in [-0.1, -0.05) is 13.0 Å². The zero-order valence-corrected chi connectivity index (χ0v) is 10.3. The van der Waals surface area contributed by atoms with Crippen molar-refractivity contribution in [3.8, 4) is 5.75 Å². The first-order chi connectivity index (χ1) is 8.25. The van der Waals surface area contributed by atoms with Crippen LogP contribution in [0, 0.1) is 5.41 Å². The molecule has 3 heteroatoms. The summed E-state index contributed by atoms with van der Waals surface area (Å²) >= 11 is 0. The average Bonchev–Trinajstić information content (AvgIpc) is 2.34. The first kappa shape index (κ1) is 11.1. The van der Waals surface area contributed by atoms with Gasteiger partial charge in [0.25, 0.3) is 0 Å². The van der Waals surface area contributed by atoms with E-state index < -0.39 is 0 Å². The molecule has 3 rings (SSSR count). The van der Waals surface area contributed by atoms with E-state index in [0.717, 1.165) is 45.1 Å². The summed E-state index contributed by atoms with van der Waals surface area (Å²) in [6, 6.07) is 6.45. The number of hydrogen-bond acceptors (Lipinski definition) is 3. The minimum atomic E-state index is 0.220. The van der Waals surface area contributed by atoms with Crippen LogP contribution in [-0.4, -0.2) is 26.4 Å². The van der Waals surface area contributed by atoms with Crippen LogP contribution in [0.2, 0.25) is 0 Å². The lowest BCUT2D eigenvalue weighted by Crippen LogP contribution is -2.44. The van der Waals surface area contributed by atoms with Crippen LogP contribution in [0.1, 0.15) is 18.1 Å². The molecule has 3 nitrogen and oxygen atoms in total. The minimum absolute atomic E-state index is 0.220. The molecule has 0 aliphatic carbocycles. The lowest BCUT2D eigenvalue weighted by Gasteiger charge is -2.37. The average molecular weight is 233 g/mol. The summed E-state index contributed by atoms with van der Waals surface area (Å²) in [5, 5.41) is 3.38. The van der Waals surface area contributed by atoms with Gasteiger partial charge in [-0.25, -0.2) is 0 Å². The van der Waals surface area contributed by atoms with Crippen LogP contribution in [0.5, 0.6) is 5.75 Å². The van der Waals surface area contributed by atoms with Crippen LogP contribution >= 0.6 is 0 Å². The van der Waals surface area contributed by atoms with E-state index in [1.54, 1.807) is 0 Å². The van der Waals surface area contributed by atoms with E-state index in [2.05, 4.69) is 30.4 Å². The Bertz CT molecular complexity index is 413. The minimum Gasteiger partial charge on any atom is -0.493 e. The van der Waals surface area contributed by atoms with Crippen molar-refractivity contribution in [3.05, 3.63) is 29.3 Å². The first-order valence-corrected chi connectivity index (χ1v) is 6.28. The Morgan fingerprint density at radius 3 is 3.00 bits per heavy atom. The molecule has 2 heterocycles. The summed E-state index contributed by atoms with van der Waals surface area (Å²) in [6.07, 6.45) is 1.10. The maximum Gasteiger partial charge on any atom is 0.119 e. The van der Waals surface area contributed by atoms with Gasteiger partial charge < -0.3 is 14.8 Å². The maximum absolute atomic E-state index is 5.88. The quantitative estimate of drug-likeness (QED) is 0.862. The Morgan fingerprint density at radius 1 is 1.35 bits per heavy atom. The van der Waals surface area contributed by atoms with Crippen molar-refractivity contribution >= 4 is 0 Å². The van der Waals surface area contributed by atoms with Crippen molar-refractivity contribution in [2.75, 3.05) is 26.4 Å². The number of hydrogen-bond donors (Lipinski definition) is 1. The number of fused-ring (bicyclic) bond motifs is 1. The summed E-state index contributed by atoms with van der Waals surface area (Å²) < 4.78 is 11.1. The predicted molar refractivity (Wildman–Crippen MR) is 66.3 cm³/mol. The standard InChI is InChI=1S/C14H19NO2/c1-14(8-16-9-14)10-17-13-3-2-12-7-15-5-4-11(12)6-13/h2-3,6,15H,4-5,7-10H2,1H3. The highest BCUT2D eigenvalue weighted by Gasteiger charge is 2.34. The molecule has 17 heavy (non-hydrogen) atoms. The molecule has 92 valence electrons. The Labute approximate surface area is 102 Å². The summed E-state index contributed by atoms with van der Waals surface area (Å²) in [4.78, 5) is 0. The largest absolute Gasteiger partial charge is 0.493 e. The van der Waals surface area contributed by atoms with Gasteiger partial charge in [0.05, 0.1) is 19.8 Å². The summed E-state index contributed by atoms with van der Waals surface area (Å²) in [6.45, 7) is 6.66. The molecule has 1 aromatic rings. The molecule has 2 aliphatic heterocycles. The second-order valence-electron chi connectivity index (χ2n) is 5.45. The van der Waals surface area contributed by atoms with Gasteiger partial charge in [0, 0.05) is 12.0 Å². The molecular formula is C14H19NO2. The SMILES string of the molecule is CC1(COc2ccc3c(c2)CCNC3)COC1. The smallest absolute Gasteiger partial charge is 0.119 e. The third-order valence-corrected chi connectivity index (χ3v) is 3.55. The summed E-state index contributed by atoms with van der Waals surface area (Å²) in [5.74, 6) is 0.999. The van der Waals surface area contributed by atoms with Crippen LogP contribution in [0.3, 0.4) is 0 Å². The van der Waals surface area contributed by atoms with Crippen molar-refractivity contribution in [1.82, 2.24) is 5.32 Å². The summed E-state index contributed by atoms with van der Waals surface area (Å²) in [5.41, 5.74) is 3.05. The van der Waals surface area contributed by atoms with E-state index in [-0.39, 0.29) is 5.41 Å². The van der Waals surface area contributed by atoms with Crippen LogP contribution in [0.25, 0.3) is 0 Å². The van der Waals surface area contributed by atoms with Gasteiger partial charge in [-0.05, 0) is 36.2 Å². The molecule has 1 N–H and O–H groups in total. The van der Waals surface area contributed by atoms with Crippen molar-refractivity contribution in [2.24, 2.45) is 5.41 Å². The van der Waals surface area contributed by atoms with Gasteiger partial charge >= 0.3 is 0 Å².